The zero-order valence-corrected chi connectivity index (χ0v) is 10.4. The molecule has 0 radical (unpaired) electrons. The summed E-state index contributed by atoms with van der Waals surface area (Å²) in [5, 5.41) is 9.48. The summed E-state index contributed by atoms with van der Waals surface area (Å²) in [5.41, 5.74) is 1.88. The summed E-state index contributed by atoms with van der Waals surface area (Å²) in [6.45, 7) is 3.87. The molecule has 0 fully saturated rings. The molecule has 0 aliphatic rings. The second-order valence-electron chi connectivity index (χ2n) is 3.23. The van der Waals surface area contributed by atoms with E-state index >= 15 is 0 Å². The van der Waals surface area contributed by atoms with Gasteiger partial charge in [-0.3, -0.25) is 0 Å². The minimum Gasteiger partial charge on any atom is -0.228 e. The standard InChI is InChI=1S/C10H9ClN4S/c1-6-5-7(2)13-10(12-6)16-9-4-3-8(11)14-15-9/h3-5H,1-2H3. The Bertz CT molecular complexity index is 480. The van der Waals surface area contributed by atoms with Crippen molar-refractivity contribution in [2.75, 3.05) is 0 Å². The molecular weight excluding hydrogens is 244 g/mol. The molecule has 0 N–H and O–H groups in total. The number of hydrogen-bond donors (Lipinski definition) is 0. The van der Waals surface area contributed by atoms with E-state index in [1.807, 2.05) is 19.9 Å². The molecule has 82 valence electrons. The van der Waals surface area contributed by atoms with Crippen LogP contribution in [-0.2, 0) is 0 Å². The van der Waals surface area contributed by atoms with Gasteiger partial charge in [0.05, 0.1) is 0 Å². The highest BCUT2D eigenvalue weighted by Gasteiger charge is 2.04. The van der Waals surface area contributed by atoms with Crippen LogP contribution in [0.4, 0.5) is 0 Å². The average Bonchev–Trinajstić information content (AvgIpc) is 2.20. The Balaban J connectivity index is 2.23. The maximum atomic E-state index is 5.65. The smallest absolute Gasteiger partial charge is 0.194 e. The van der Waals surface area contributed by atoms with Gasteiger partial charge in [-0.15, -0.1) is 10.2 Å². The van der Waals surface area contributed by atoms with Gasteiger partial charge in [-0.05, 0) is 43.8 Å². The summed E-state index contributed by atoms with van der Waals surface area (Å²) in [6, 6.07) is 5.41. The van der Waals surface area contributed by atoms with E-state index in [1.165, 1.54) is 11.8 Å². The Morgan fingerprint density at radius 2 is 1.75 bits per heavy atom. The van der Waals surface area contributed by atoms with Crippen LogP contribution in [0, 0.1) is 13.8 Å². The van der Waals surface area contributed by atoms with E-state index in [9.17, 15) is 0 Å². The number of nitrogens with zero attached hydrogens (tertiary/aromatic N) is 4. The van der Waals surface area contributed by atoms with Gasteiger partial charge in [0.2, 0.25) is 0 Å². The minimum atomic E-state index is 0.380. The van der Waals surface area contributed by atoms with Crippen molar-refractivity contribution >= 4 is 23.4 Å². The second kappa shape index (κ2) is 4.76. The molecule has 0 saturated carbocycles. The number of rotatable bonds is 2. The third-order valence-electron chi connectivity index (χ3n) is 1.77. The zero-order chi connectivity index (χ0) is 11.5. The van der Waals surface area contributed by atoms with Gasteiger partial charge in [0.15, 0.2) is 10.3 Å². The fourth-order valence-corrected chi connectivity index (χ4v) is 2.08. The molecule has 0 atom stereocenters. The normalized spacial score (nSPS) is 10.4. The van der Waals surface area contributed by atoms with Crippen LogP contribution in [0.3, 0.4) is 0 Å². The van der Waals surface area contributed by atoms with Gasteiger partial charge in [-0.25, -0.2) is 9.97 Å². The summed E-state index contributed by atoms with van der Waals surface area (Å²) in [7, 11) is 0. The molecule has 0 bridgehead atoms. The lowest BCUT2D eigenvalue weighted by molar-refractivity contribution is 0.884. The van der Waals surface area contributed by atoms with Crippen LogP contribution in [0.1, 0.15) is 11.4 Å². The molecule has 2 aromatic rings. The zero-order valence-electron chi connectivity index (χ0n) is 8.81. The predicted molar refractivity (Wildman–Crippen MR) is 62.7 cm³/mol. The van der Waals surface area contributed by atoms with Gasteiger partial charge in [0, 0.05) is 11.4 Å². The first-order chi connectivity index (χ1) is 7.63. The van der Waals surface area contributed by atoms with Gasteiger partial charge in [-0.1, -0.05) is 11.6 Å². The van der Waals surface area contributed by atoms with Crippen molar-refractivity contribution in [1.82, 2.24) is 20.2 Å². The number of halogens is 1. The molecule has 0 aliphatic carbocycles. The lowest BCUT2D eigenvalue weighted by Crippen LogP contribution is -1.93. The fraction of sp³-hybridized carbons (Fsp3) is 0.200. The van der Waals surface area contributed by atoms with Crippen LogP contribution >= 0.6 is 23.4 Å². The van der Waals surface area contributed by atoms with Crippen molar-refractivity contribution in [3.63, 3.8) is 0 Å². The quantitative estimate of drug-likeness (QED) is 0.769. The highest BCUT2D eigenvalue weighted by molar-refractivity contribution is 7.99. The molecule has 4 nitrogen and oxygen atoms in total. The van der Waals surface area contributed by atoms with Crippen molar-refractivity contribution in [3.05, 3.63) is 34.7 Å². The Kier molecular flexibility index (Phi) is 3.36. The Morgan fingerprint density at radius 3 is 2.31 bits per heavy atom. The monoisotopic (exact) mass is 252 g/mol. The summed E-state index contributed by atoms with van der Waals surface area (Å²) >= 11 is 7.02. The molecule has 0 saturated heterocycles. The molecule has 6 heteroatoms. The van der Waals surface area contributed by atoms with E-state index in [-0.39, 0.29) is 0 Å². The highest BCUT2D eigenvalue weighted by Crippen LogP contribution is 2.22. The van der Waals surface area contributed by atoms with Crippen molar-refractivity contribution < 1.29 is 0 Å². The van der Waals surface area contributed by atoms with Crippen LogP contribution in [0.5, 0.6) is 0 Å². The maximum Gasteiger partial charge on any atom is 0.194 e. The molecule has 2 heterocycles. The Hall–Kier alpha value is -1.20. The number of hydrogen-bond acceptors (Lipinski definition) is 5. The number of aromatic nitrogens is 4. The van der Waals surface area contributed by atoms with Crippen molar-refractivity contribution in [2.45, 2.75) is 24.0 Å². The van der Waals surface area contributed by atoms with E-state index < -0.39 is 0 Å². The van der Waals surface area contributed by atoms with Crippen molar-refractivity contribution in [2.24, 2.45) is 0 Å². The second-order valence-corrected chi connectivity index (χ2v) is 4.60. The first-order valence-electron chi connectivity index (χ1n) is 4.63. The lowest BCUT2D eigenvalue weighted by atomic mass is 10.4. The third-order valence-corrected chi connectivity index (χ3v) is 2.76. The largest absolute Gasteiger partial charge is 0.228 e. The summed E-state index contributed by atoms with van der Waals surface area (Å²) in [6.07, 6.45) is 0. The van der Waals surface area contributed by atoms with E-state index in [1.54, 1.807) is 12.1 Å². The molecule has 0 unspecified atom stereocenters. The third kappa shape index (κ3) is 2.90. The molecule has 2 rings (SSSR count). The van der Waals surface area contributed by atoms with Crippen molar-refractivity contribution in [1.29, 1.82) is 0 Å². The molecule has 0 spiro atoms. The maximum absolute atomic E-state index is 5.65. The van der Waals surface area contributed by atoms with Gasteiger partial charge < -0.3 is 0 Å². The topological polar surface area (TPSA) is 51.6 Å². The van der Waals surface area contributed by atoms with Crippen LogP contribution in [0.25, 0.3) is 0 Å². The van der Waals surface area contributed by atoms with E-state index in [2.05, 4.69) is 20.2 Å². The first-order valence-corrected chi connectivity index (χ1v) is 5.82. The van der Waals surface area contributed by atoms with Crippen molar-refractivity contribution in [3.8, 4) is 0 Å². The molecule has 0 aliphatic heterocycles. The van der Waals surface area contributed by atoms with Crippen LogP contribution in [-0.4, -0.2) is 20.2 Å². The first kappa shape index (κ1) is 11.3. The van der Waals surface area contributed by atoms with Crippen LogP contribution in [0.15, 0.2) is 28.4 Å². The molecule has 2 aromatic heterocycles. The Labute approximate surface area is 102 Å². The molecular formula is C10H9ClN4S. The highest BCUT2D eigenvalue weighted by atomic mass is 35.5. The molecule has 0 amide bonds. The molecule has 0 aromatic carbocycles. The lowest BCUT2D eigenvalue weighted by Gasteiger charge is -2.01. The van der Waals surface area contributed by atoms with E-state index in [0.717, 1.165) is 16.4 Å². The summed E-state index contributed by atoms with van der Waals surface area (Å²) < 4.78 is 0. The van der Waals surface area contributed by atoms with E-state index in [4.69, 9.17) is 11.6 Å². The summed E-state index contributed by atoms with van der Waals surface area (Å²) in [5.74, 6) is 0. The Morgan fingerprint density at radius 1 is 1.06 bits per heavy atom. The number of aryl methyl sites for hydroxylation is 2. The SMILES string of the molecule is Cc1cc(C)nc(Sc2ccc(Cl)nn2)n1. The van der Waals surface area contributed by atoms with Gasteiger partial charge in [0.25, 0.3) is 0 Å². The minimum absolute atomic E-state index is 0.380. The predicted octanol–water partition coefficient (Wildman–Crippen LogP) is 2.69. The molecule has 16 heavy (non-hydrogen) atoms. The van der Waals surface area contributed by atoms with Gasteiger partial charge in [-0.2, -0.15) is 0 Å². The summed E-state index contributed by atoms with van der Waals surface area (Å²) in [4.78, 5) is 8.61. The van der Waals surface area contributed by atoms with Gasteiger partial charge in [0.1, 0.15) is 5.03 Å². The average molecular weight is 253 g/mol. The van der Waals surface area contributed by atoms with E-state index in [0.29, 0.717) is 10.3 Å². The van der Waals surface area contributed by atoms with Crippen LogP contribution in [0.2, 0.25) is 5.15 Å². The van der Waals surface area contributed by atoms with Gasteiger partial charge >= 0.3 is 0 Å². The van der Waals surface area contributed by atoms with Crippen LogP contribution < -0.4 is 0 Å². The fourth-order valence-electron chi connectivity index (χ4n) is 1.19.